The number of hydrogen-bond donors (Lipinski definition) is 4. The second-order valence-electron chi connectivity index (χ2n) is 55.4. The van der Waals surface area contributed by atoms with Crippen LogP contribution in [0.4, 0.5) is 0 Å². The SMILES string of the molecule is CC(=O)N1CCN(C(C)(C)C)CC1.CC(C)(C)N1CCC(N2CC[C@@H](O)C2)CC1.CC(C)(C)N1CCC(N2CC[C@H](O)C2)CC1.CC(C)(C)N1CCC[C@H](O)C1.CC(C)(C)N1CCN(CCN2CCOCC2)CC1.CC(C)(C)N1CC[C@@H](N2CCNCC2)C1.CC(C)(C)N1CC[C@@H](N2CCOCC2)C1.CN(C)CCN1CCN(C(C)(C)C)CC1.COCCN1CCN(C(C)(C)C)CC1.[C-]#[N+]CCN1CCN(C(C)(C)C)CC1. The van der Waals surface area contributed by atoms with Crippen molar-refractivity contribution < 1.29 is 34.3 Å². The molecule has 0 saturated carbocycles. The van der Waals surface area contributed by atoms with Crippen LogP contribution in [-0.4, -0.2) is 597 Å². The van der Waals surface area contributed by atoms with Crippen molar-refractivity contribution in [2.75, 3.05) is 375 Å². The number of morpholine rings is 2. The van der Waals surface area contributed by atoms with Crippen LogP contribution >= 0.6 is 0 Å². The van der Waals surface area contributed by atoms with Crippen LogP contribution in [0.25, 0.3) is 4.85 Å². The number of aliphatic hydroxyl groups excluding tert-OH is 3. The Hall–Kier alpha value is -2.12. The molecule has 15 fully saturated rings. The molecule has 0 aromatic heterocycles. The van der Waals surface area contributed by atoms with Crippen LogP contribution in [-0.2, 0) is 19.0 Å². The van der Waals surface area contributed by atoms with Gasteiger partial charge in [-0.3, -0.25) is 97.9 Å². The average Bonchev–Trinajstić information content (AvgIpc) is 1.72. The molecule has 4 N–H and O–H groups in total. The Labute approximate surface area is 906 Å². The Morgan fingerprint density at radius 1 is 0.306 bits per heavy atom. The van der Waals surface area contributed by atoms with Gasteiger partial charge in [-0.05, 0) is 293 Å². The Balaban J connectivity index is 0.000000250. The number of nitrogens with zero attached hydrogens (tertiary/aromatic N) is 22. The van der Waals surface area contributed by atoms with Crippen molar-refractivity contribution in [1.29, 1.82) is 0 Å². The van der Waals surface area contributed by atoms with E-state index in [0.29, 0.717) is 50.9 Å². The van der Waals surface area contributed by atoms with Crippen molar-refractivity contribution in [3.05, 3.63) is 11.4 Å². The molecule has 5 atom stereocenters. The molecule has 0 aromatic carbocycles. The van der Waals surface area contributed by atoms with Crippen LogP contribution in [0.5, 0.6) is 0 Å². The molecule has 15 rings (SSSR count). The zero-order valence-corrected chi connectivity index (χ0v) is 103. The first kappa shape index (κ1) is 134. The highest BCUT2D eigenvalue weighted by atomic mass is 16.5. The summed E-state index contributed by atoms with van der Waals surface area (Å²) in [6, 6.07) is 3.02. The van der Waals surface area contributed by atoms with Crippen LogP contribution in [0.2, 0.25) is 0 Å². The lowest BCUT2D eigenvalue weighted by atomic mass is 9.97. The number of aliphatic hydroxyl groups is 3. The standard InChI is InChI=1S/C14H29N3O.2C13H26N2O.C12H25N3.C12H27N3.C12H24N2O.C11H21N3.C11H24N2O.C10H20N2O.C9H19NO/c1-14(2,3)17-8-6-15(7-9-17)4-5-16-10-12-18-13-11-16;2*1-13(2,3)15-8-4-11(5-9-15)14-7-6-12(16)10-14;1-12(2,3)15-7-4-11(10-15)14-8-5-13-6-9-14;1-12(2,3)15-10-8-14(9-11-15)7-6-13(4)5;1-12(2,3)14-5-4-11(10-14)13-6-8-15-9-7-13;1-11(2,3)14-9-7-13(8-10-14)6-5-12-4;1-11(2,3)13-7-5-12(6-8-13)9-10-14-4;1-9(13)11-5-7-12(8-6-11)10(2,3)4;1-9(2,3)10-6-4-5-8(11)7-10/h4-13H2,1-3H3;2*11-12,16H,4-10H2,1-3H3;11,13H,4-10H2,1-3H3;6-11H2,1-5H3;11H,4-10H2,1-3H3;5-10H2,1-3H3;5-10H2,1-4H3;5-8H2,1-4H3;8,11H,4-7H2,1-3H3/t;2*12-;11-;;11-;;;;8-/m.101.1...0/s1. The number of nitrogens with one attached hydrogen (secondary N) is 1. The lowest BCUT2D eigenvalue weighted by Gasteiger charge is -2.43. The van der Waals surface area contributed by atoms with E-state index in [9.17, 15) is 20.1 Å². The molecule has 15 saturated heterocycles. The summed E-state index contributed by atoms with van der Waals surface area (Å²) in [7, 11) is 6.06. The first-order valence-electron chi connectivity index (χ1n) is 59.2. The zero-order chi connectivity index (χ0) is 110. The van der Waals surface area contributed by atoms with Crippen LogP contribution < -0.4 is 5.32 Å². The van der Waals surface area contributed by atoms with Gasteiger partial charge < -0.3 is 49.5 Å². The van der Waals surface area contributed by atoms with E-state index in [-0.39, 0.29) is 35.3 Å². The minimum absolute atomic E-state index is 0.0688. The molecule has 866 valence electrons. The minimum atomic E-state index is -0.0945. The van der Waals surface area contributed by atoms with Gasteiger partial charge in [0.25, 0.3) is 0 Å². The van der Waals surface area contributed by atoms with Crippen LogP contribution in [0.15, 0.2) is 0 Å². The van der Waals surface area contributed by atoms with Gasteiger partial charge in [0.1, 0.15) is 0 Å². The van der Waals surface area contributed by atoms with Crippen molar-refractivity contribution in [2.24, 2.45) is 0 Å². The molecule has 0 radical (unpaired) electrons. The van der Waals surface area contributed by atoms with Crippen LogP contribution in [0.3, 0.4) is 0 Å². The number of hydrogen-bond acceptors (Lipinski definition) is 28. The number of amides is 1. The van der Waals surface area contributed by atoms with Gasteiger partial charge >= 0.3 is 0 Å². The molecular formula is C117H241N23O7. The van der Waals surface area contributed by atoms with Gasteiger partial charge in [0.15, 0.2) is 0 Å². The highest BCUT2D eigenvalue weighted by molar-refractivity contribution is 5.73. The monoisotopic (exact) mass is 2080 g/mol. The summed E-state index contributed by atoms with van der Waals surface area (Å²) in [5.41, 5.74) is 3.07. The van der Waals surface area contributed by atoms with Crippen molar-refractivity contribution >= 4 is 5.91 Å². The van der Waals surface area contributed by atoms with Crippen LogP contribution in [0, 0.1) is 6.57 Å². The van der Waals surface area contributed by atoms with Crippen molar-refractivity contribution in [3.8, 4) is 0 Å². The molecule has 0 spiro atoms. The van der Waals surface area contributed by atoms with Gasteiger partial charge in [-0.2, -0.15) is 0 Å². The third-order valence-corrected chi connectivity index (χ3v) is 33.8. The van der Waals surface area contributed by atoms with E-state index in [0.717, 1.165) is 214 Å². The molecule has 0 unspecified atom stereocenters. The molecule has 147 heavy (non-hydrogen) atoms. The number of ether oxygens (including phenoxy) is 3. The fourth-order valence-corrected chi connectivity index (χ4v) is 23.0. The number of β-amino-alcohol motifs (C(OH)–C–C–N with tert-alkyl or cyclic N) is 3. The van der Waals surface area contributed by atoms with E-state index in [1.807, 2.05) is 4.90 Å². The van der Waals surface area contributed by atoms with Gasteiger partial charge in [-0.25, -0.2) is 6.57 Å². The minimum Gasteiger partial charge on any atom is -0.392 e. The second-order valence-corrected chi connectivity index (χ2v) is 55.4. The number of carbonyl (C=O) groups is 1. The third-order valence-electron chi connectivity index (χ3n) is 33.8. The maximum absolute atomic E-state index is 11.1. The van der Waals surface area contributed by atoms with Crippen LogP contribution in [0.1, 0.15) is 279 Å². The highest BCUT2D eigenvalue weighted by Crippen LogP contribution is 2.32. The number of methoxy groups -OCH3 is 1. The Bertz CT molecular complexity index is 3350. The van der Waals surface area contributed by atoms with Gasteiger partial charge in [0.05, 0.1) is 57.9 Å². The number of piperidine rings is 3. The van der Waals surface area contributed by atoms with E-state index in [2.05, 4.69) is 330 Å². The molecule has 0 aliphatic carbocycles. The lowest BCUT2D eigenvalue weighted by molar-refractivity contribution is -0.131. The molecule has 15 aliphatic rings. The number of likely N-dealkylation sites (N-methyl/N-ethyl adjacent to an activating group) is 1. The highest BCUT2D eigenvalue weighted by Gasteiger charge is 2.41. The summed E-state index contributed by atoms with van der Waals surface area (Å²) in [4.78, 5) is 66.9. The average molecular weight is 2080 g/mol. The Morgan fingerprint density at radius 2 is 0.585 bits per heavy atom. The van der Waals surface area contributed by atoms with Gasteiger partial charge in [-0.15, -0.1) is 0 Å². The Kier molecular flexibility index (Phi) is 58.3. The largest absolute Gasteiger partial charge is 0.392 e. The number of likely N-dealkylation sites (tertiary alicyclic amines) is 7. The molecule has 1 amide bonds. The van der Waals surface area contributed by atoms with Gasteiger partial charge in [0.2, 0.25) is 12.5 Å². The molecule has 15 aliphatic heterocycles. The molecule has 15 heterocycles. The van der Waals surface area contributed by atoms with Crippen molar-refractivity contribution in [2.45, 2.75) is 377 Å². The lowest BCUT2D eigenvalue weighted by Crippen LogP contribution is -2.54. The molecular weight excluding hydrogens is 1840 g/mol. The summed E-state index contributed by atoms with van der Waals surface area (Å²) in [6.45, 7) is 137. The molecule has 0 aromatic rings. The van der Waals surface area contributed by atoms with Crippen molar-refractivity contribution in [3.63, 3.8) is 0 Å². The zero-order valence-electron chi connectivity index (χ0n) is 103. The van der Waals surface area contributed by atoms with E-state index in [1.165, 1.54) is 222 Å². The normalized spacial score (nSPS) is 26.4. The topological polar surface area (TPSA) is 190 Å². The summed E-state index contributed by atoms with van der Waals surface area (Å²) in [5.74, 6) is 0.202. The van der Waals surface area contributed by atoms with E-state index in [4.69, 9.17) is 20.8 Å². The number of rotatable bonds is 15. The van der Waals surface area contributed by atoms with E-state index >= 15 is 0 Å². The fourth-order valence-electron chi connectivity index (χ4n) is 23.0. The molecule has 0 bridgehead atoms. The summed E-state index contributed by atoms with van der Waals surface area (Å²) in [6.07, 6.45) is 11.6. The maximum Gasteiger partial charge on any atom is 0.227 e. The Morgan fingerprint density at radius 3 is 0.878 bits per heavy atom. The summed E-state index contributed by atoms with van der Waals surface area (Å²) in [5, 5.41) is 31.9. The smallest absolute Gasteiger partial charge is 0.227 e. The number of piperazine rings is 6. The molecule has 30 nitrogen and oxygen atoms in total. The van der Waals surface area contributed by atoms with Gasteiger partial charge in [-0.1, -0.05) is 0 Å². The summed E-state index contributed by atoms with van der Waals surface area (Å²) >= 11 is 0. The second kappa shape index (κ2) is 64.2. The molecule has 30 heteroatoms. The van der Waals surface area contributed by atoms with E-state index < -0.39 is 0 Å². The van der Waals surface area contributed by atoms with Gasteiger partial charge in [0, 0.05) is 395 Å². The quantitative estimate of drug-likeness (QED) is 0.113. The predicted molar refractivity (Wildman–Crippen MR) is 620 cm³/mol. The van der Waals surface area contributed by atoms with Crippen molar-refractivity contribution in [1.82, 2.24) is 108 Å². The maximum atomic E-state index is 11.1. The first-order valence-corrected chi connectivity index (χ1v) is 59.2. The summed E-state index contributed by atoms with van der Waals surface area (Å²) < 4.78 is 15.9. The third kappa shape index (κ3) is 52.1. The fraction of sp³-hybridized carbons (Fsp3) is 0.983. The van der Waals surface area contributed by atoms with E-state index in [1.54, 1.807) is 14.0 Å². The predicted octanol–water partition coefficient (Wildman–Crippen LogP) is 10.8. The first-order chi connectivity index (χ1) is 68.5. The number of carbonyl (C=O) groups excluding carboxylic acids is 1.